The summed E-state index contributed by atoms with van der Waals surface area (Å²) in [4.78, 5) is 38.2. The maximum absolute atomic E-state index is 12.9. The van der Waals surface area contributed by atoms with E-state index in [9.17, 15) is 14.4 Å². The van der Waals surface area contributed by atoms with Crippen LogP contribution in [0.4, 0.5) is 0 Å². The highest BCUT2D eigenvalue weighted by Crippen LogP contribution is 2.17. The van der Waals surface area contributed by atoms with Gasteiger partial charge in [-0.25, -0.2) is 0 Å². The fourth-order valence-corrected chi connectivity index (χ4v) is 8.90. The number of hydrogen-bond acceptors (Lipinski definition) is 6. The van der Waals surface area contributed by atoms with Crippen LogP contribution < -0.4 is 0 Å². The van der Waals surface area contributed by atoms with Crippen LogP contribution in [0.2, 0.25) is 0 Å². The predicted molar refractivity (Wildman–Crippen MR) is 321 cm³/mol. The van der Waals surface area contributed by atoms with E-state index in [0.717, 1.165) is 103 Å². The molecule has 426 valence electrons. The highest BCUT2D eigenvalue weighted by molar-refractivity contribution is 5.71. The van der Waals surface area contributed by atoms with E-state index in [2.05, 4.69) is 106 Å². The molecule has 0 amide bonds. The first-order valence-corrected chi connectivity index (χ1v) is 31.6. The van der Waals surface area contributed by atoms with E-state index in [4.69, 9.17) is 14.2 Å². The molecule has 6 nitrogen and oxygen atoms in total. The summed E-state index contributed by atoms with van der Waals surface area (Å²) in [7, 11) is 0. The van der Waals surface area contributed by atoms with Gasteiger partial charge in [0.1, 0.15) is 13.2 Å². The van der Waals surface area contributed by atoms with Crippen LogP contribution in [0.25, 0.3) is 0 Å². The molecule has 0 aromatic carbocycles. The lowest BCUT2D eigenvalue weighted by Gasteiger charge is -2.18. The quantitative estimate of drug-likeness (QED) is 0.0261. The lowest BCUT2D eigenvalue weighted by atomic mass is 10.0. The van der Waals surface area contributed by atoms with Crippen LogP contribution in [-0.4, -0.2) is 37.2 Å². The molecule has 0 N–H and O–H groups in total. The fraction of sp³-hybridized carbons (Fsp3) is 0.750. The highest BCUT2D eigenvalue weighted by atomic mass is 16.6. The third kappa shape index (κ3) is 59.5. The van der Waals surface area contributed by atoms with Crippen molar-refractivity contribution in [2.45, 2.75) is 316 Å². The summed E-state index contributed by atoms with van der Waals surface area (Å²) in [6, 6.07) is 0. The molecule has 1 unspecified atom stereocenters. The molecule has 0 bridgehead atoms. The molecule has 1 atom stereocenters. The van der Waals surface area contributed by atoms with Crippen LogP contribution in [0.5, 0.6) is 0 Å². The first-order chi connectivity index (χ1) is 36.5. The van der Waals surface area contributed by atoms with E-state index < -0.39 is 6.10 Å². The number of esters is 3. The third-order valence-electron chi connectivity index (χ3n) is 13.6. The predicted octanol–water partition coefficient (Wildman–Crippen LogP) is 21.5. The maximum Gasteiger partial charge on any atom is 0.306 e. The number of carbonyl (C=O) groups excluding carboxylic acids is 3. The zero-order chi connectivity index (χ0) is 53.6. The average molecular weight is 1030 g/mol. The Morgan fingerprint density at radius 1 is 0.284 bits per heavy atom. The van der Waals surface area contributed by atoms with Gasteiger partial charge < -0.3 is 14.2 Å². The van der Waals surface area contributed by atoms with Gasteiger partial charge in [-0.1, -0.05) is 286 Å². The normalized spacial score (nSPS) is 12.6. The van der Waals surface area contributed by atoms with E-state index in [1.807, 2.05) is 0 Å². The third-order valence-corrected chi connectivity index (χ3v) is 13.6. The Morgan fingerprint density at radius 2 is 0.541 bits per heavy atom. The summed E-state index contributed by atoms with van der Waals surface area (Å²) in [6.45, 7) is 6.51. The number of allylic oxidation sites excluding steroid dienone is 14. The lowest BCUT2D eigenvalue weighted by molar-refractivity contribution is -0.167. The van der Waals surface area contributed by atoms with Gasteiger partial charge in [0.15, 0.2) is 6.10 Å². The van der Waals surface area contributed by atoms with Crippen molar-refractivity contribution in [1.82, 2.24) is 0 Å². The topological polar surface area (TPSA) is 78.9 Å². The minimum atomic E-state index is -0.779. The standard InChI is InChI=1S/C68H118O6/c1-4-7-10-13-16-19-22-24-26-28-29-30-31-32-33-34-35-36-37-38-39-40-42-43-46-49-52-55-58-61-67(70)73-64-65(63-72-66(69)60-57-54-51-48-45-21-18-15-12-9-6-3)74-68(71)62-59-56-53-50-47-44-41-27-25-23-20-17-14-11-8-5-2/h7,10,15-16,18-19,24,26,29-30,32-33,35-36,65H,4-6,8-9,11-14,17,20-23,25,27-28,31,34,37-64H2,1-3H3/b10-7-,18-15-,19-16-,26-24-,30-29-,33-32-,36-35-. The second kappa shape index (κ2) is 62.1. The average Bonchev–Trinajstić information content (AvgIpc) is 3.40. The SMILES string of the molecule is CC/C=C\C/C=C\C/C=C\C/C=C\C/C=C\C/C=C\CCCCCCCCCCCCC(=O)OCC(COC(=O)CCCCCCC/C=C\CCCC)OC(=O)CCCCCCCCCCCCCCCCCC. The van der Waals surface area contributed by atoms with Crippen LogP contribution in [0.1, 0.15) is 310 Å². The van der Waals surface area contributed by atoms with Gasteiger partial charge in [0.25, 0.3) is 0 Å². The Morgan fingerprint density at radius 3 is 0.878 bits per heavy atom. The van der Waals surface area contributed by atoms with Crippen molar-refractivity contribution in [3.05, 3.63) is 85.1 Å². The lowest BCUT2D eigenvalue weighted by Crippen LogP contribution is -2.30. The van der Waals surface area contributed by atoms with Crippen molar-refractivity contribution in [2.75, 3.05) is 13.2 Å². The van der Waals surface area contributed by atoms with E-state index in [1.54, 1.807) is 0 Å². The summed E-state index contributed by atoms with van der Waals surface area (Å²) < 4.78 is 16.9. The zero-order valence-corrected chi connectivity index (χ0v) is 48.8. The van der Waals surface area contributed by atoms with Crippen LogP contribution >= 0.6 is 0 Å². The summed E-state index contributed by atoms with van der Waals surface area (Å²) in [5.41, 5.74) is 0. The Hall–Kier alpha value is -3.41. The molecule has 0 saturated heterocycles. The molecule has 0 aliphatic heterocycles. The Labute approximate surface area is 458 Å². The fourth-order valence-electron chi connectivity index (χ4n) is 8.90. The zero-order valence-electron chi connectivity index (χ0n) is 48.8. The molecule has 0 radical (unpaired) electrons. The smallest absolute Gasteiger partial charge is 0.306 e. The van der Waals surface area contributed by atoms with Crippen molar-refractivity contribution in [3.63, 3.8) is 0 Å². The van der Waals surface area contributed by atoms with Gasteiger partial charge >= 0.3 is 17.9 Å². The van der Waals surface area contributed by atoms with Gasteiger partial charge in [0.2, 0.25) is 0 Å². The molecule has 0 aromatic rings. The number of unbranched alkanes of at least 4 members (excludes halogenated alkanes) is 32. The summed E-state index contributed by atoms with van der Waals surface area (Å²) in [5.74, 6) is -0.880. The number of carbonyl (C=O) groups is 3. The Balaban J connectivity index is 4.23. The summed E-state index contributed by atoms with van der Waals surface area (Å²) in [6.07, 6.45) is 81.6. The molecule has 0 aromatic heterocycles. The second-order valence-electron chi connectivity index (χ2n) is 20.9. The van der Waals surface area contributed by atoms with E-state index in [-0.39, 0.29) is 31.1 Å². The molecule has 0 heterocycles. The van der Waals surface area contributed by atoms with Crippen LogP contribution in [-0.2, 0) is 28.6 Å². The van der Waals surface area contributed by atoms with Gasteiger partial charge in [0.05, 0.1) is 0 Å². The molecular formula is C68H118O6. The Bertz CT molecular complexity index is 1420. The molecule has 0 saturated carbocycles. The molecule has 74 heavy (non-hydrogen) atoms. The molecule has 0 spiro atoms. The molecule has 0 aliphatic rings. The van der Waals surface area contributed by atoms with E-state index >= 15 is 0 Å². The largest absolute Gasteiger partial charge is 0.462 e. The van der Waals surface area contributed by atoms with Crippen molar-refractivity contribution >= 4 is 17.9 Å². The molecule has 0 fully saturated rings. The monoisotopic (exact) mass is 1030 g/mol. The number of ether oxygens (including phenoxy) is 3. The molecule has 6 heteroatoms. The summed E-state index contributed by atoms with van der Waals surface area (Å²) in [5, 5.41) is 0. The van der Waals surface area contributed by atoms with Crippen LogP contribution in [0.15, 0.2) is 85.1 Å². The van der Waals surface area contributed by atoms with Crippen molar-refractivity contribution in [2.24, 2.45) is 0 Å². The second-order valence-corrected chi connectivity index (χ2v) is 20.9. The number of rotatable bonds is 57. The molecular weight excluding hydrogens is 913 g/mol. The van der Waals surface area contributed by atoms with Gasteiger partial charge in [-0.2, -0.15) is 0 Å². The minimum Gasteiger partial charge on any atom is -0.462 e. The minimum absolute atomic E-state index is 0.0783. The first-order valence-electron chi connectivity index (χ1n) is 31.6. The van der Waals surface area contributed by atoms with Gasteiger partial charge in [-0.05, 0) is 89.9 Å². The number of hydrogen-bond donors (Lipinski definition) is 0. The van der Waals surface area contributed by atoms with Crippen molar-refractivity contribution in [1.29, 1.82) is 0 Å². The van der Waals surface area contributed by atoms with Gasteiger partial charge in [-0.15, -0.1) is 0 Å². The summed E-state index contributed by atoms with van der Waals surface area (Å²) >= 11 is 0. The van der Waals surface area contributed by atoms with E-state index in [0.29, 0.717) is 19.3 Å². The molecule has 0 aliphatic carbocycles. The first kappa shape index (κ1) is 70.6. The van der Waals surface area contributed by atoms with E-state index in [1.165, 1.54) is 167 Å². The van der Waals surface area contributed by atoms with Gasteiger partial charge in [0, 0.05) is 19.3 Å². The molecule has 0 rings (SSSR count). The van der Waals surface area contributed by atoms with Crippen LogP contribution in [0, 0.1) is 0 Å². The van der Waals surface area contributed by atoms with Gasteiger partial charge in [-0.3, -0.25) is 14.4 Å². The van der Waals surface area contributed by atoms with Crippen LogP contribution in [0.3, 0.4) is 0 Å². The van der Waals surface area contributed by atoms with Crippen molar-refractivity contribution < 1.29 is 28.6 Å². The maximum atomic E-state index is 12.9. The highest BCUT2D eigenvalue weighted by Gasteiger charge is 2.19. The van der Waals surface area contributed by atoms with Crippen molar-refractivity contribution in [3.8, 4) is 0 Å². The Kier molecular flexibility index (Phi) is 59.3.